The van der Waals surface area contributed by atoms with Gasteiger partial charge >= 0.3 is 11.6 Å². The number of benzene rings is 1. The smallest absolute Gasteiger partial charge is 0.344 e. The van der Waals surface area contributed by atoms with Crippen LogP contribution in [-0.2, 0) is 27.2 Å². The lowest BCUT2D eigenvalue weighted by molar-refractivity contribution is -0.160. The molecule has 29 heavy (non-hydrogen) atoms. The molecule has 1 aliphatic carbocycles. The van der Waals surface area contributed by atoms with Gasteiger partial charge in [-0.3, -0.25) is 4.79 Å². The van der Waals surface area contributed by atoms with Gasteiger partial charge in [0.05, 0.1) is 12.5 Å². The van der Waals surface area contributed by atoms with Crippen molar-refractivity contribution in [2.24, 2.45) is 0 Å². The first-order valence-corrected chi connectivity index (χ1v) is 9.43. The van der Waals surface area contributed by atoms with E-state index in [4.69, 9.17) is 19.2 Å². The van der Waals surface area contributed by atoms with Crippen molar-refractivity contribution in [1.29, 1.82) is 5.26 Å². The Morgan fingerprint density at radius 2 is 2.07 bits per heavy atom. The lowest BCUT2D eigenvalue weighted by Gasteiger charge is -2.20. The van der Waals surface area contributed by atoms with Crippen molar-refractivity contribution in [3.05, 3.63) is 39.7 Å². The predicted molar refractivity (Wildman–Crippen MR) is 103 cm³/mol. The van der Waals surface area contributed by atoms with E-state index >= 15 is 0 Å². The molecule has 152 valence electrons. The van der Waals surface area contributed by atoms with Crippen molar-refractivity contribution in [2.45, 2.75) is 38.7 Å². The summed E-state index contributed by atoms with van der Waals surface area (Å²) in [5.74, 6) is -0.731. The molecule has 8 heteroatoms. The van der Waals surface area contributed by atoms with Crippen LogP contribution >= 0.6 is 0 Å². The Hall–Kier alpha value is -3.34. The second kappa shape index (κ2) is 8.78. The van der Waals surface area contributed by atoms with E-state index in [1.807, 2.05) is 12.1 Å². The minimum atomic E-state index is -0.980. The van der Waals surface area contributed by atoms with Crippen LogP contribution in [0.5, 0.6) is 5.75 Å². The van der Waals surface area contributed by atoms with Gasteiger partial charge in [-0.2, -0.15) is 5.26 Å². The molecule has 3 rings (SSSR count). The average molecular weight is 398 g/mol. The summed E-state index contributed by atoms with van der Waals surface area (Å²) in [4.78, 5) is 37.5. The number of esters is 1. The van der Waals surface area contributed by atoms with Crippen LogP contribution in [-0.4, -0.2) is 43.1 Å². The lowest BCUT2D eigenvalue weighted by atomic mass is 10.1. The van der Waals surface area contributed by atoms with Gasteiger partial charge in [-0.05, 0) is 43.9 Å². The number of carbonyl (C=O) groups is 2. The number of rotatable bonds is 7. The summed E-state index contributed by atoms with van der Waals surface area (Å²) in [5.41, 5.74) is 1.86. The zero-order chi connectivity index (χ0) is 21.0. The van der Waals surface area contributed by atoms with E-state index in [0.29, 0.717) is 11.3 Å². The molecule has 0 saturated carbocycles. The van der Waals surface area contributed by atoms with E-state index in [1.165, 1.54) is 11.8 Å². The van der Waals surface area contributed by atoms with Gasteiger partial charge in [0, 0.05) is 30.6 Å². The Morgan fingerprint density at radius 3 is 2.83 bits per heavy atom. The average Bonchev–Trinajstić information content (AvgIpc) is 3.20. The van der Waals surface area contributed by atoms with Crippen LogP contribution < -0.4 is 10.4 Å². The standard InChI is InChI=1S/C21H22N2O6/c1-13(20(25)23(2)10-4-9-22)28-19(24)12-27-14-7-8-16-15-5-3-6-17(15)21(26)29-18(16)11-14/h7-8,11,13H,3-6,10,12H2,1-2H3/t13-/m0/s1. The molecular formula is C21H22N2O6. The first-order valence-electron chi connectivity index (χ1n) is 9.43. The van der Waals surface area contributed by atoms with Crippen LogP contribution in [0.25, 0.3) is 11.0 Å². The Bertz CT molecular complexity index is 1040. The first-order chi connectivity index (χ1) is 13.9. The minimum absolute atomic E-state index is 0.202. The first kappa shape index (κ1) is 20.4. The molecular weight excluding hydrogens is 376 g/mol. The van der Waals surface area contributed by atoms with Crippen LogP contribution in [0.3, 0.4) is 0 Å². The fourth-order valence-corrected chi connectivity index (χ4v) is 3.42. The van der Waals surface area contributed by atoms with E-state index in [1.54, 1.807) is 19.2 Å². The minimum Gasteiger partial charge on any atom is -0.482 e. The van der Waals surface area contributed by atoms with Gasteiger partial charge in [-0.25, -0.2) is 9.59 Å². The van der Waals surface area contributed by atoms with Crippen LogP contribution in [0.2, 0.25) is 0 Å². The van der Waals surface area contributed by atoms with Gasteiger partial charge in [-0.1, -0.05) is 0 Å². The molecule has 1 heterocycles. The second-order valence-electron chi connectivity index (χ2n) is 6.95. The van der Waals surface area contributed by atoms with Crippen molar-refractivity contribution in [3.63, 3.8) is 0 Å². The SMILES string of the molecule is C[C@H](OC(=O)COc1ccc2c3c(c(=O)oc2c1)CCC3)C(=O)N(C)CCC#N. The van der Waals surface area contributed by atoms with Crippen LogP contribution in [0.15, 0.2) is 27.4 Å². The number of likely N-dealkylation sites (N-methyl/N-ethyl adjacent to an activating group) is 1. The fraction of sp³-hybridized carbons (Fsp3) is 0.429. The topological polar surface area (TPSA) is 110 Å². The van der Waals surface area contributed by atoms with E-state index in [2.05, 4.69) is 0 Å². The molecule has 0 fully saturated rings. The molecule has 0 spiro atoms. The number of amides is 1. The molecule has 0 bridgehead atoms. The van der Waals surface area contributed by atoms with Crippen LogP contribution in [0.1, 0.15) is 30.9 Å². The molecule has 0 unspecified atom stereocenters. The highest BCUT2D eigenvalue weighted by atomic mass is 16.6. The third kappa shape index (κ3) is 4.57. The van der Waals surface area contributed by atoms with E-state index in [-0.39, 0.29) is 25.2 Å². The number of ether oxygens (including phenoxy) is 2. The molecule has 1 aromatic carbocycles. The van der Waals surface area contributed by atoms with Crippen molar-refractivity contribution in [1.82, 2.24) is 4.90 Å². The molecule has 1 amide bonds. The zero-order valence-corrected chi connectivity index (χ0v) is 16.4. The quantitative estimate of drug-likeness (QED) is 0.518. The molecule has 1 aliphatic rings. The maximum atomic E-state index is 12.1. The monoisotopic (exact) mass is 398 g/mol. The number of nitriles is 1. The number of hydrogen-bond donors (Lipinski definition) is 0. The second-order valence-corrected chi connectivity index (χ2v) is 6.95. The van der Waals surface area contributed by atoms with Crippen LogP contribution in [0.4, 0.5) is 0 Å². The highest BCUT2D eigenvalue weighted by Crippen LogP contribution is 2.29. The Kier molecular flexibility index (Phi) is 6.17. The normalized spacial score (nSPS) is 13.4. The highest BCUT2D eigenvalue weighted by molar-refractivity contribution is 5.84. The van der Waals surface area contributed by atoms with Crippen molar-refractivity contribution in [3.8, 4) is 11.8 Å². The molecule has 1 aromatic heterocycles. The van der Waals surface area contributed by atoms with Gasteiger partial charge in [0.2, 0.25) is 0 Å². The lowest BCUT2D eigenvalue weighted by Crippen LogP contribution is -2.38. The number of fused-ring (bicyclic) bond motifs is 3. The van der Waals surface area contributed by atoms with Gasteiger partial charge < -0.3 is 18.8 Å². The number of aryl methyl sites for hydroxylation is 1. The summed E-state index contributed by atoms with van der Waals surface area (Å²) >= 11 is 0. The molecule has 2 aromatic rings. The van der Waals surface area contributed by atoms with Crippen molar-refractivity contribution in [2.75, 3.05) is 20.2 Å². The molecule has 0 N–H and O–H groups in total. The zero-order valence-electron chi connectivity index (χ0n) is 16.4. The van der Waals surface area contributed by atoms with Gasteiger partial charge in [0.25, 0.3) is 5.91 Å². The summed E-state index contributed by atoms with van der Waals surface area (Å²) in [6.45, 7) is 1.34. The number of nitrogens with zero attached hydrogens (tertiary/aromatic N) is 2. The van der Waals surface area contributed by atoms with Crippen molar-refractivity contribution >= 4 is 22.8 Å². The maximum Gasteiger partial charge on any atom is 0.344 e. The Labute approximate surface area is 167 Å². The third-order valence-corrected chi connectivity index (χ3v) is 4.89. The largest absolute Gasteiger partial charge is 0.482 e. The highest BCUT2D eigenvalue weighted by Gasteiger charge is 2.22. The van der Waals surface area contributed by atoms with Crippen molar-refractivity contribution < 1.29 is 23.5 Å². The Balaban J connectivity index is 1.60. The summed E-state index contributed by atoms with van der Waals surface area (Å²) in [7, 11) is 1.54. The molecule has 0 radical (unpaired) electrons. The summed E-state index contributed by atoms with van der Waals surface area (Å²) in [6, 6.07) is 7.05. The molecule has 0 saturated heterocycles. The fourth-order valence-electron chi connectivity index (χ4n) is 3.42. The molecule has 1 atom stereocenters. The number of hydrogen-bond acceptors (Lipinski definition) is 7. The maximum absolute atomic E-state index is 12.1. The van der Waals surface area contributed by atoms with Gasteiger partial charge in [-0.15, -0.1) is 0 Å². The van der Waals surface area contributed by atoms with E-state index < -0.39 is 18.0 Å². The Morgan fingerprint density at radius 1 is 1.31 bits per heavy atom. The van der Waals surface area contributed by atoms with Gasteiger partial charge in [0.1, 0.15) is 11.3 Å². The summed E-state index contributed by atoms with van der Waals surface area (Å²) in [5, 5.41) is 9.45. The van der Waals surface area contributed by atoms with E-state index in [9.17, 15) is 14.4 Å². The summed E-state index contributed by atoms with van der Waals surface area (Å²) < 4.78 is 15.9. The predicted octanol–water partition coefficient (Wildman–Crippen LogP) is 1.96. The molecule has 8 nitrogen and oxygen atoms in total. The third-order valence-electron chi connectivity index (χ3n) is 4.89. The van der Waals surface area contributed by atoms with E-state index in [0.717, 1.165) is 35.8 Å². The number of carbonyl (C=O) groups excluding carboxylic acids is 2. The molecule has 0 aliphatic heterocycles. The van der Waals surface area contributed by atoms with Gasteiger partial charge in [0.15, 0.2) is 12.7 Å². The summed E-state index contributed by atoms with van der Waals surface area (Å²) in [6.07, 6.45) is 1.74. The van der Waals surface area contributed by atoms with Crippen LogP contribution in [0, 0.1) is 11.3 Å².